The van der Waals surface area contributed by atoms with Crippen molar-refractivity contribution >= 4 is 18.5 Å². The predicted molar refractivity (Wildman–Crippen MR) is 107 cm³/mol. The summed E-state index contributed by atoms with van der Waals surface area (Å²) in [6.07, 6.45) is 1.96. The zero-order valence-corrected chi connectivity index (χ0v) is 21.0. The van der Waals surface area contributed by atoms with Crippen LogP contribution in [0.1, 0.15) is 47.5 Å². The van der Waals surface area contributed by atoms with E-state index >= 15 is 0 Å². The summed E-state index contributed by atoms with van der Waals surface area (Å²) in [5.41, 5.74) is 18.3. The highest BCUT2D eigenvalue weighted by Gasteiger charge is 2.32. The first-order valence-electron chi connectivity index (χ1n) is 8.77. The van der Waals surface area contributed by atoms with Crippen molar-refractivity contribution in [3.8, 4) is 0 Å². The number of hydrogen-bond donors (Lipinski definition) is 6. The van der Waals surface area contributed by atoms with Crippen LogP contribution in [0, 0.1) is 0 Å². The molecule has 0 spiro atoms. The Morgan fingerprint density at radius 3 is 1.15 bits per heavy atom. The van der Waals surface area contributed by atoms with E-state index in [-0.39, 0.29) is 62.2 Å². The standard InChI is InChI=1S/C6H15ClSi.C6H16N2.C4H12N2O2.2ClH/c1-6(2,3)8(4,5)7;1-3-5(7)6(8)4-2;5-3(1-7)4(6)2-8;;/h1-5H3;5-6H,3-4,7-8H2,1-2H3;3-4,7-8H,1-2,5-6H2;2*1H/t;5-,6-;3-,4-;;/m.00../s1. The third-order valence-corrected chi connectivity index (χ3v) is 9.68. The molecule has 0 saturated heterocycles. The molecule has 0 aliphatic heterocycles. The van der Waals surface area contributed by atoms with Gasteiger partial charge in [-0.05, 0) is 17.9 Å². The third-order valence-electron chi connectivity index (χ3n) is 4.41. The molecule has 0 fully saturated rings. The number of hydrogen-bond acceptors (Lipinski definition) is 4. The molecule has 166 valence electrons. The van der Waals surface area contributed by atoms with Crippen molar-refractivity contribution in [2.45, 2.75) is 89.8 Å². The number of aliphatic hydroxyl groups is 2. The van der Waals surface area contributed by atoms with Crippen molar-refractivity contribution in [2.24, 2.45) is 11.5 Å². The first-order chi connectivity index (χ1) is 10.7. The molecule has 0 radical (unpaired) electrons. The molecule has 0 bridgehead atoms. The first kappa shape index (κ1) is 37.6. The molecular formula is C16H45Cl3N4O2Si. The van der Waals surface area contributed by atoms with Gasteiger partial charge in [-0.25, -0.2) is 0 Å². The summed E-state index contributed by atoms with van der Waals surface area (Å²) >= 11 is 6.15. The Morgan fingerprint density at radius 2 is 1.08 bits per heavy atom. The van der Waals surface area contributed by atoms with Gasteiger partial charge in [-0.3, -0.25) is 0 Å². The highest BCUT2D eigenvalue weighted by molar-refractivity contribution is 7.20. The zero-order valence-electron chi connectivity index (χ0n) is 17.7. The van der Waals surface area contributed by atoms with Crippen molar-refractivity contribution in [2.75, 3.05) is 13.2 Å². The molecule has 6 nitrogen and oxygen atoms in total. The minimum Gasteiger partial charge on any atom is -1.00 e. The second-order valence-corrected chi connectivity index (χ2v) is 15.0. The van der Waals surface area contributed by atoms with Crippen molar-refractivity contribution in [3.63, 3.8) is 0 Å². The fourth-order valence-electron chi connectivity index (χ4n) is 0.904. The SMILES string of the molecule is CC(C)(C)[Si](C)(C)Cl.CC[C@H](N)[C@@H](N)CC.[Cl-].[Cl-].[NH3+][C@@H](CO)[C@@H]([NH3+])CO. The van der Waals surface area contributed by atoms with E-state index in [4.69, 9.17) is 32.8 Å². The van der Waals surface area contributed by atoms with Gasteiger partial charge < -0.3 is 58.0 Å². The van der Waals surface area contributed by atoms with Crippen LogP contribution in [0.3, 0.4) is 0 Å². The van der Waals surface area contributed by atoms with E-state index in [0.29, 0.717) is 5.04 Å². The molecule has 0 heterocycles. The van der Waals surface area contributed by atoms with Crippen LogP contribution in [-0.2, 0) is 0 Å². The van der Waals surface area contributed by atoms with Crippen LogP contribution in [0.2, 0.25) is 18.1 Å². The molecule has 0 saturated carbocycles. The quantitative estimate of drug-likeness (QED) is 0.173. The molecule has 0 aliphatic carbocycles. The number of rotatable bonds is 6. The fourth-order valence-corrected chi connectivity index (χ4v) is 0.904. The van der Waals surface area contributed by atoms with Gasteiger partial charge in [0.05, 0.1) is 0 Å². The smallest absolute Gasteiger partial charge is 0.162 e. The maximum atomic E-state index is 8.42. The van der Waals surface area contributed by atoms with E-state index in [1.807, 2.05) is 0 Å². The monoisotopic (exact) mass is 458 g/mol. The van der Waals surface area contributed by atoms with Gasteiger partial charge in [-0.15, -0.1) is 0 Å². The number of quaternary nitrogens is 2. The largest absolute Gasteiger partial charge is 1.00 e. The molecule has 26 heavy (non-hydrogen) atoms. The molecular weight excluding hydrogens is 415 g/mol. The summed E-state index contributed by atoms with van der Waals surface area (Å²) < 4.78 is 0. The third kappa shape index (κ3) is 21.2. The Hall–Kier alpha value is 0.847. The highest BCUT2D eigenvalue weighted by Crippen LogP contribution is 2.38. The summed E-state index contributed by atoms with van der Waals surface area (Å²) in [6, 6.07) is 0.111. The molecule has 10 heteroatoms. The molecule has 0 aromatic heterocycles. The lowest BCUT2D eigenvalue weighted by molar-refractivity contribution is -0.534. The van der Waals surface area contributed by atoms with Crippen molar-refractivity contribution in [1.29, 1.82) is 0 Å². The second-order valence-electron chi connectivity index (χ2n) is 7.75. The number of nitrogens with two attached hydrogens (primary N) is 2. The molecule has 0 aromatic rings. The van der Waals surface area contributed by atoms with E-state index in [9.17, 15) is 0 Å². The second kappa shape index (κ2) is 19.2. The lowest BCUT2D eigenvalue weighted by atomic mass is 10.1. The number of aliphatic hydroxyl groups excluding tert-OH is 2. The lowest BCUT2D eigenvalue weighted by Crippen LogP contribution is -3.00. The van der Waals surface area contributed by atoms with Gasteiger partial charge in [0.1, 0.15) is 13.2 Å². The van der Waals surface area contributed by atoms with Gasteiger partial charge in [0.25, 0.3) is 0 Å². The Labute approximate surface area is 179 Å². The highest BCUT2D eigenvalue weighted by atomic mass is 35.6. The van der Waals surface area contributed by atoms with Crippen LogP contribution in [0.25, 0.3) is 0 Å². The van der Waals surface area contributed by atoms with E-state index in [0.717, 1.165) is 12.8 Å². The first-order valence-corrected chi connectivity index (χ1v) is 12.8. The van der Waals surface area contributed by atoms with Crippen LogP contribution in [0.4, 0.5) is 0 Å². The van der Waals surface area contributed by atoms with Gasteiger partial charge in [0.15, 0.2) is 19.5 Å². The van der Waals surface area contributed by atoms with Crippen LogP contribution < -0.4 is 47.7 Å². The molecule has 0 amide bonds. The molecule has 4 atom stereocenters. The van der Waals surface area contributed by atoms with E-state index in [1.54, 1.807) is 0 Å². The average molecular weight is 460 g/mol. The van der Waals surface area contributed by atoms with Crippen molar-refractivity contribution < 1.29 is 46.5 Å². The number of halogens is 3. The van der Waals surface area contributed by atoms with Gasteiger partial charge in [-0.2, -0.15) is 11.1 Å². The van der Waals surface area contributed by atoms with Crippen LogP contribution in [0.15, 0.2) is 0 Å². The molecule has 0 aliphatic rings. The van der Waals surface area contributed by atoms with Crippen molar-refractivity contribution in [1.82, 2.24) is 0 Å². The Morgan fingerprint density at radius 1 is 0.885 bits per heavy atom. The Bertz CT molecular complexity index is 250. The lowest BCUT2D eigenvalue weighted by Gasteiger charge is -2.29. The minimum atomic E-state index is -1.39. The Balaban J connectivity index is -0.0000000817. The van der Waals surface area contributed by atoms with Gasteiger partial charge in [0, 0.05) is 12.1 Å². The van der Waals surface area contributed by atoms with Gasteiger partial charge >= 0.3 is 0 Å². The maximum absolute atomic E-state index is 8.42. The van der Waals surface area contributed by atoms with Crippen LogP contribution >= 0.6 is 11.1 Å². The van der Waals surface area contributed by atoms with E-state index in [2.05, 4.69) is 59.2 Å². The van der Waals surface area contributed by atoms with E-state index in [1.165, 1.54) is 0 Å². The molecule has 0 rings (SSSR count). The predicted octanol–water partition coefficient (Wildman–Crippen LogP) is -6.11. The fraction of sp³-hybridized carbons (Fsp3) is 1.00. The van der Waals surface area contributed by atoms with Gasteiger partial charge in [0.2, 0.25) is 0 Å². The summed E-state index contributed by atoms with van der Waals surface area (Å²) in [6.45, 7) is 15.1. The normalized spacial score (nSPS) is 15.5. The van der Waals surface area contributed by atoms with Crippen LogP contribution in [0.5, 0.6) is 0 Å². The summed E-state index contributed by atoms with van der Waals surface area (Å²) in [4.78, 5) is 0. The summed E-state index contributed by atoms with van der Waals surface area (Å²) in [7, 11) is -1.39. The average Bonchev–Trinajstić information content (AvgIpc) is 2.50. The van der Waals surface area contributed by atoms with Crippen molar-refractivity contribution in [3.05, 3.63) is 0 Å². The molecule has 0 aromatic carbocycles. The summed E-state index contributed by atoms with van der Waals surface area (Å²) in [5.74, 6) is 0. The van der Waals surface area contributed by atoms with Gasteiger partial charge in [-0.1, -0.05) is 47.7 Å². The topological polar surface area (TPSA) is 148 Å². The maximum Gasteiger partial charge on any atom is 0.162 e. The molecule has 0 unspecified atom stereocenters. The van der Waals surface area contributed by atoms with Crippen LogP contribution in [-0.4, -0.2) is 55.0 Å². The molecule has 12 N–H and O–H groups in total. The Kier molecular flexibility index (Phi) is 27.7. The summed E-state index contributed by atoms with van der Waals surface area (Å²) in [5, 5.41) is 17.2. The zero-order chi connectivity index (χ0) is 20.1. The van der Waals surface area contributed by atoms with E-state index < -0.39 is 7.38 Å². The minimum absolute atomic E-state index is 0.